The lowest BCUT2D eigenvalue weighted by molar-refractivity contribution is 0.183. The molecule has 96 valence electrons. The predicted molar refractivity (Wildman–Crippen MR) is 69.1 cm³/mol. The monoisotopic (exact) mass is 238 g/mol. The number of nitrogens with two attached hydrogens (primary N) is 1. The number of aromatic nitrogens is 2. The number of nitrogens with one attached hydrogen (secondary N) is 1. The van der Waals surface area contributed by atoms with Crippen LogP contribution in [0.15, 0.2) is 12.4 Å². The quantitative estimate of drug-likeness (QED) is 0.750. The topological polar surface area (TPSA) is 73.1 Å². The summed E-state index contributed by atoms with van der Waals surface area (Å²) in [6.45, 7) is 5.47. The summed E-state index contributed by atoms with van der Waals surface area (Å²) in [4.78, 5) is 8.44. The average Bonchev–Trinajstić information content (AvgIpc) is 2.30. The van der Waals surface area contributed by atoms with Crippen molar-refractivity contribution < 1.29 is 4.74 Å². The Kier molecular flexibility index (Phi) is 5.86. The number of hydrogen-bond donors (Lipinski definition) is 2. The van der Waals surface area contributed by atoms with Gasteiger partial charge in [0.1, 0.15) is 12.1 Å². The number of methoxy groups -OCH3 is 1. The van der Waals surface area contributed by atoms with E-state index in [1.807, 2.05) is 6.07 Å². The van der Waals surface area contributed by atoms with Gasteiger partial charge < -0.3 is 15.8 Å². The first-order valence-corrected chi connectivity index (χ1v) is 5.94. The Labute approximate surface area is 103 Å². The Balaban J connectivity index is 2.67. The van der Waals surface area contributed by atoms with Crippen LogP contribution in [-0.4, -0.2) is 36.3 Å². The Bertz CT molecular complexity index is 324. The first-order chi connectivity index (χ1) is 8.17. The molecule has 1 aromatic rings. The molecular formula is C12H22N4O. The van der Waals surface area contributed by atoms with Crippen LogP contribution in [0.2, 0.25) is 0 Å². The van der Waals surface area contributed by atoms with Crippen molar-refractivity contribution >= 4 is 5.82 Å². The maximum Gasteiger partial charge on any atom is 0.129 e. The fraction of sp³-hybridized carbons (Fsp3) is 0.667. The van der Waals surface area contributed by atoms with Gasteiger partial charge in [0.05, 0.1) is 12.6 Å². The molecule has 0 aliphatic rings. The van der Waals surface area contributed by atoms with Gasteiger partial charge in [0, 0.05) is 18.9 Å². The molecule has 0 radical (unpaired) electrons. The lowest BCUT2D eigenvalue weighted by Crippen LogP contribution is -2.28. The van der Waals surface area contributed by atoms with E-state index in [9.17, 15) is 0 Å². The summed E-state index contributed by atoms with van der Waals surface area (Å²) in [6, 6.07) is 2.17. The van der Waals surface area contributed by atoms with Gasteiger partial charge in [0.2, 0.25) is 0 Å². The molecule has 0 saturated carbocycles. The smallest absolute Gasteiger partial charge is 0.129 e. The maximum atomic E-state index is 5.56. The molecule has 5 nitrogen and oxygen atoms in total. The normalized spacial score (nSPS) is 12.8. The van der Waals surface area contributed by atoms with Crippen LogP contribution in [0.1, 0.15) is 31.9 Å². The van der Waals surface area contributed by atoms with Gasteiger partial charge in [0.25, 0.3) is 0 Å². The molecule has 1 atom stereocenters. The standard InChI is InChI=1S/C12H22N4O/c1-9(2)11-6-12(15-8-14-11)16-10(4-5-13)7-17-3/h6,8-10H,4-5,7,13H2,1-3H3,(H,14,15,16). The summed E-state index contributed by atoms with van der Waals surface area (Å²) in [5.74, 6) is 1.23. The zero-order chi connectivity index (χ0) is 12.7. The zero-order valence-corrected chi connectivity index (χ0v) is 10.8. The Morgan fingerprint density at radius 3 is 2.76 bits per heavy atom. The van der Waals surface area contributed by atoms with E-state index < -0.39 is 0 Å². The van der Waals surface area contributed by atoms with Gasteiger partial charge in [-0.15, -0.1) is 0 Å². The van der Waals surface area contributed by atoms with E-state index in [4.69, 9.17) is 10.5 Å². The molecule has 1 heterocycles. The van der Waals surface area contributed by atoms with Gasteiger partial charge in [-0.25, -0.2) is 9.97 Å². The number of hydrogen-bond acceptors (Lipinski definition) is 5. The van der Waals surface area contributed by atoms with Crippen LogP contribution in [0.4, 0.5) is 5.82 Å². The van der Waals surface area contributed by atoms with Gasteiger partial charge >= 0.3 is 0 Å². The van der Waals surface area contributed by atoms with Crippen molar-refractivity contribution in [2.45, 2.75) is 32.2 Å². The molecule has 3 N–H and O–H groups in total. The Morgan fingerprint density at radius 1 is 1.41 bits per heavy atom. The average molecular weight is 238 g/mol. The van der Waals surface area contributed by atoms with Crippen LogP contribution >= 0.6 is 0 Å². The summed E-state index contributed by atoms with van der Waals surface area (Å²) in [6.07, 6.45) is 2.44. The van der Waals surface area contributed by atoms with E-state index in [1.165, 1.54) is 0 Å². The molecule has 0 fully saturated rings. The molecule has 1 rings (SSSR count). The van der Waals surface area contributed by atoms with Crippen molar-refractivity contribution in [2.75, 3.05) is 25.6 Å². The molecule has 0 aromatic carbocycles. The van der Waals surface area contributed by atoms with Crippen molar-refractivity contribution in [3.8, 4) is 0 Å². The maximum absolute atomic E-state index is 5.56. The highest BCUT2D eigenvalue weighted by molar-refractivity contribution is 5.36. The van der Waals surface area contributed by atoms with Gasteiger partial charge in [-0.1, -0.05) is 13.8 Å². The van der Waals surface area contributed by atoms with Crippen molar-refractivity contribution in [3.05, 3.63) is 18.1 Å². The molecule has 5 heteroatoms. The van der Waals surface area contributed by atoms with Crippen LogP contribution in [-0.2, 0) is 4.74 Å². The van der Waals surface area contributed by atoms with Crippen LogP contribution in [0.3, 0.4) is 0 Å². The first kappa shape index (κ1) is 13.9. The Morgan fingerprint density at radius 2 is 2.18 bits per heavy atom. The van der Waals surface area contributed by atoms with E-state index in [0.29, 0.717) is 19.1 Å². The van der Waals surface area contributed by atoms with E-state index in [0.717, 1.165) is 17.9 Å². The summed E-state index contributed by atoms with van der Waals surface area (Å²) in [7, 11) is 1.69. The summed E-state index contributed by atoms with van der Waals surface area (Å²) >= 11 is 0. The predicted octanol–water partition coefficient (Wildman–Crippen LogP) is 1.38. The highest BCUT2D eigenvalue weighted by atomic mass is 16.5. The van der Waals surface area contributed by atoms with Crippen LogP contribution in [0, 0.1) is 0 Å². The van der Waals surface area contributed by atoms with E-state index >= 15 is 0 Å². The minimum atomic E-state index is 0.194. The third kappa shape index (κ3) is 4.66. The third-order valence-corrected chi connectivity index (χ3v) is 2.51. The second kappa shape index (κ2) is 7.19. The minimum Gasteiger partial charge on any atom is -0.383 e. The molecule has 0 aliphatic heterocycles. The molecule has 17 heavy (non-hydrogen) atoms. The van der Waals surface area contributed by atoms with Gasteiger partial charge in [-0.2, -0.15) is 0 Å². The summed E-state index contributed by atoms with van der Waals surface area (Å²) in [5, 5.41) is 3.32. The van der Waals surface area contributed by atoms with Crippen molar-refractivity contribution in [1.82, 2.24) is 9.97 Å². The van der Waals surface area contributed by atoms with E-state index in [2.05, 4.69) is 29.1 Å². The second-order valence-electron chi connectivity index (χ2n) is 4.36. The highest BCUT2D eigenvalue weighted by Crippen LogP contribution is 2.14. The molecule has 1 unspecified atom stereocenters. The first-order valence-electron chi connectivity index (χ1n) is 5.94. The number of ether oxygens (including phenoxy) is 1. The van der Waals surface area contributed by atoms with Crippen molar-refractivity contribution in [2.24, 2.45) is 5.73 Å². The van der Waals surface area contributed by atoms with Crippen molar-refractivity contribution in [3.63, 3.8) is 0 Å². The molecular weight excluding hydrogens is 216 g/mol. The number of anilines is 1. The molecule has 0 bridgehead atoms. The van der Waals surface area contributed by atoms with E-state index in [1.54, 1.807) is 13.4 Å². The van der Waals surface area contributed by atoms with Gasteiger partial charge in [-0.05, 0) is 18.9 Å². The zero-order valence-electron chi connectivity index (χ0n) is 10.8. The lowest BCUT2D eigenvalue weighted by atomic mass is 10.1. The molecule has 1 aromatic heterocycles. The Hall–Kier alpha value is -1.20. The fourth-order valence-corrected chi connectivity index (χ4v) is 1.58. The molecule has 0 amide bonds. The van der Waals surface area contributed by atoms with Gasteiger partial charge in [-0.3, -0.25) is 0 Å². The largest absolute Gasteiger partial charge is 0.383 e. The van der Waals surface area contributed by atoms with Crippen LogP contribution in [0.25, 0.3) is 0 Å². The minimum absolute atomic E-state index is 0.194. The molecule has 0 saturated heterocycles. The molecule has 0 aliphatic carbocycles. The molecule has 0 spiro atoms. The number of rotatable bonds is 7. The van der Waals surface area contributed by atoms with Crippen LogP contribution in [0.5, 0.6) is 0 Å². The second-order valence-corrected chi connectivity index (χ2v) is 4.36. The van der Waals surface area contributed by atoms with Gasteiger partial charge in [0.15, 0.2) is 0 Å². The van der Waals surface area contributed by atoms with Crippen LogP contribution < -0.4 is 11.1 Å². The van der Waals surface area contributed by atoms with E-state index in [-0.39, 0.29) is 6.04 Å². The summed E-state index contributed by atoms with van der Waals surface area (Å²) < 4.78 is 5.14. The number of nitrogens with zero attached hydrogens (tertiary/aromatic N) is 2. The summed E-state index contributed by atoms with van der Waals surface area (Å²) in [5.41, 5.74) is 6.60. The third-order valence-electron chi connectivity index (χ3n) is 2.51. The fourth-order valence-electron chi connectivity index (χ4n) is 1.58. The lowest BCUT2D eigenvalue weighted by Gasteiger charge is -2.18. The SMILES string of the molecule is COCC(CCN)Nc1cc(C(C)C)ncn1. The highest BCUT2D eigenvalue weighted by Gasteiger charge is 2.09. The van der Waals surface area contributed by atoms with Crippen molar-refractivity contribution in [1.29, 1.82) is 0 Å².